The molecule has 0 spiro atoms. The topological polar surface area (TPSA) is 36.0 Å². The lowest BCUT2D eigenvalue weighted by molar-refractivity contribution is -0.123. The third-order valence-corrected chi connectivity index (χ3v) is 7.07. The zero-order valence-electron chi connectivity index (χ0n) is 18.6. The molecular formula is C25H29N3O2S2. The summed E-state index contributed by atoms with van der Waals surface area (Å²) in [6, 6.07) is 16.3. The minimum Gasteiger partial charge on any atom is -0.494 e. The molecule has 2 aliphatic heterocycles. The van der Waals surface area contributed by atoms with E-state index in [0.29, 0.717) is 22.5 Å². The highest BCUT2D eigenvalue weighted by Gasteiger charge is 2.33. The fourth-order valence-electron chi connectivity index (χ4n) is 3.90. The molecule has 0 aromatic heterocycles. The third-order valence-electron chi connectivity index (χ3n) is 5.69. The van der Waals surface area contributed by atoms with Crippen molar-refractivity contribution < 1.29 is 9.53 Å². The zero-order valence-corrected chi connectivity index (χ0v) is 20.3. The number of rotatable bonds is 7. The Kier molecular flexibility index (Phi) is 7.50. The standard InChI is InChI=1S/C25H29N3O2S2/c1-3-16-30-21-10-8-20(9-11-21)17-23-24(29)28(25(31)32-23)18-26-12-14-27(15-13-26)22-7-5-4-6-19(22)2/h4-11,17H,3,12-16,18H2,1-2H3/b23-17+. The number of nitrogens with zero attached hydrogens (tertiary/aromatic N) is 3. The van der Waals surface area contributed by atoms with Gasteiger partial charge in [-0.3, -0.25) is 14.6 Å². The van der Waals surface area contributed by atoms with Crippen molar-refractivity contribution in [3.63, 3.8) is 0 Å². The van der Waals surface area contributed by atoms with Gasteiger partial charge in [0.15, 0.2) is 0 Å². The van der Waals surface area contributed by atoms with E-state index in [1.807, 2.05) is 30.3 Å². The summed E-state index contributed by atoms with van der Waals surface area (Å²) in [6.07, 6.45) is 2.89. The average molecular weight is 468 g/mol. The van der Waals surface area contributed by atoms with E-state index in [0.717, 1.165) is 43.9 Å². The zero-order chi connectivity index (χ0) is 22.5. The number of aryl methyl sites for hydroxylation is 1. The van der Waals surface area contributed by atoms with Crippen molar-refractivity contribution in [1.29, 1.82) is 0 Å². The number of thioether (sulfide) groups is 1. The number of piperazine rings is 1. The summed E-state index contributed by atoms with van der Waals surface area (Å²) in [4.78, 5) is 20.2. The first-order chi connectivity index (χ1) is 15.5. The number of hydrogen-bond acceptors (Lipinski definition) is 6. The lowest BCUT2D eigenvalue weighted by Gasteiger charge is -2.38. The Morgan fingerprint density at radius 1 is 1.06 bits per heavy atom. The van der Waals surface area contributed by atoms with Crippen LogP contribution in [0.4, 0.5) is 5.69 Å². The lowest BCUT2D eigenvalue weighted by Crippen LogP contribution is -2.51. The van der Waals surface area contributed by atoms with Crippen LogP contribution in [0.3, 0.4) is 0 Å². The Morgan fingerprint density at radius 3 is 2.47 bits per heavy atom. The maximum absolute atomic E-state index is 13.0. The molecule has 2 aliphatic rings. The molecule has 2 fully saturated rings. The highest BCUT2D eigenvalue weighted by Crippen LogP contribution is 2.33. The van der Waals surface area contributed by atoms with Crippen LogP contribution < -0.4 is 9.64 Å². The van der Waals surface area contributed by atoms with E-state index in [1.54, 1.807) is 4.90 Å². The molecule has 4 rings (SSSR count). The number of thiocarbonyl (C=S) groups is 1. The molecular weight excluding hydrogens is 438 g/mol. The van der Waals surface area contributed by atoms with E-state index >= 15 is 0 Å². The van der Waals surface area contributed by atoms with Gasteiger partial charge in [0.05, 0.1) is 18.2 Å². The molecule has 0 radical (unpaired) electrons. The number of benzene rings is 2. The first kappa shape index (κ1) is 22.8. The molecule has 2 heterocycles. The van der Waals surface area contributed by atoms with E-state index < -0.39 is 0 Å². The second-order valence-electron chi connectivity index (χ2n) is 8.06. The molecule has 1 amide bonds. The molecule has 0 unspecified atom stereocenters. The predicted molar refractivity (Wildman–Crippen MR) is 137 cm³/mol. The number of amides is 1. The van der Waals surface area contributed by atoms with Crippen LogP contribution in [0, 0.1) is 6.92 Å². The molecule has 32 heavy (non-hydrogen) atoms. The van der Waals surface area contributed by atoms with Crippen molar-refractivity contribution in [3.05, 3.63) is 64.6 Å². The summed E-state index contributed by atoms with van der Waals surface area (Å²) in [5.41, 5.74) is 3.57. The number of carbonyl (C=O) groups excluding carboxylic acids is 1. The van der Waals surface area contributed by atoms with Crippen LogP contribution in [0.5, 0.6) is 5.75 Å². The Bertz CT molecular complexity index is 999. The largest absolute Gasteiger partial charge is 0.494 e. The molecule has 2 aromatic rings. The van der Waals surface area contributed by atoms with Gasteiger partial charge in [0.1, 0.15) is 10.1 Å². The van der Waals surface area contributed by atoms with Crippen LogP contribution in [0.25, 0.3) is 6.08 Å². The van der Waals surface area contributed by atoms with E-state index in [9.17, 15) is 4.79 Å². The molecule has 5 nitrogen and oxygen atoms in total. The molecule has 7 heteroatoms. The highest BCUT2D eigenvalue weighted by atomic mass is 32.2. The molecule has 0 bridgehead atoms. The molecule has 0 saturated carbocycles. The van der Waals surface area contributed by atoms with Gasteiger partial charge in [-0.1, -0.05) is 61.2 Å². The van der Waals surface area contributed by atoms with Crippen LogP contribution >= 0.6 is 24.0 Å². The second kappa shape index (κ2) is 10.5. The van der Waals surface area contributed by atoms with Gasteiger partial charge in [0.2, 0.25) is 0 Å². The number of para-hydroxylation sites is 1. The van der Waals surface area contributed by atoms with Gasteiger partial charge in [-0.15, -0.1) is 0 Å². The molecule has 0 atom stereocenters. The van der Waals surface area contributed by atoms with Crippen LogP contribution in [0.2, 0.25) is 0 Å². The molecule has 0 N–H and O–H groups in total. The van der Waals surface area contributed by atoms with Crippen molar-refractivity contribution in [2.24, 2.45) is 0 Å². The van der Waals surface area contributed by atoms with Gasteiger partial charge in [-0.25, -0.2) is 0 Å². The Labute approximate surface area is 200 Å². The van der Waals surface area contributed by atoms with E-state index in [4.69, 9.17) is 17.0 Å². The SMILES string of the molecule is CCCOc1ccc(/C=C2/SC(=S)N(CN3CCN(c4ccccc4C)CC3)C2=O)cc1. The van der Waals surface area contributed by atoms with Crippen LogP contribution in [-0.4, -0.2) is 59.5 Å². The Morgan fingerprint density at radius 2 is 1.78 bits per heavy atom. The van der Waals surface area contributed by atoms with Crippen LogP contribution in [-0.2, 0) is 4.79 Å². The molecule has 2 saturated heterocycles. The monoisotopic (exact) mass is 467 g/mol. The number of carbonyl (C=O) groups is 1. The van der Waals surface area contributed by atoms with E-state index in [1.165, 1.54) is 23.0 Å². The second-order valence-corrected chi connectivity index (χ2v) is 9.74. The summed E-state index contributed by atoms with van der Waals surface area (Å²) in [7, 11) is 0. The third kappa shape index (κ3) is 5.34. The van der Waals surface area contributed by atoms with Crippen molar-refractivity contribution in [3.8, 4) is 5.75 Å². The molecule has 2 aromatic carbocycles. The predicted octanol–water partition coefficient (Wildman–Crippen LogP) is 4.76. The van der Waals surface area contributed by atoms with Crippen LogP contribution in [0.1, 0.15) is 24.5 Å². The van der Waals surface area contributed by atoms with Gasteiger partial charge < -0.3 is 9.64 Å². The van der Waals surface area contributed by atoms with E-state index in [2.05, 4.69) is 47.9 Å². The van der Waals surface area contributed by atoms with Gasteiger partial charge in [-0.05, 0) is 48.7 Å². The number of ether oxygens (including phenoxy) is 1. The number of anilines is 1. The van der Waals surface area contributed by atoms with Crippen molar-refractivity contribution in [2.45, 2.75) is 20.3 Å². The Hall–Kier alpha value is -2.35. The fraction of sp³-hybridized carbons (Fsp3) is 0.360. The quantitative estimate of drug-likeness (QED) is 0.431. The summed E-state index contributed by atoms with van der Waals surface area (Å²) in [5, 5.41) is 0. The Balaban J connectivity index is 1.34. The summed E-state index contributed by atoms with van der Waals surface area (Å²) in [6.45, 7) is 9.20. The molecule has 168 valence electrons. The van der Waals surface area contributed by atoms with Gasteiger partial charge >= 0.3 is 0 Å². The van der Waals surface area contributed by atoms with Gasteiger partial charge in [-0.2, -0.15) is 0 Å². The van der Waals surface area contributed by atoms with Gasteiger partial charge in [0.25, 0.3) is 5.91 Å². The fourth-order valence-corrected chi connectivity index (χ4v) is 5.14. The normalized spacial score (nSPS) is 18.6. The van der Waals surface area contributed by atoms with Crippen molar-refractivity contribution >= 4 is 46.0 Å². The number of hydrogen-bond donors (Lipinski definition) is 0. The van der Waals surface area contributed by atoms with Gasteiger partial charge in [0, 0.05) is 31.9 Å². The minimum atomic E-state index is -0.00681. The highest BCUT2D eigenvalue weighted by molar-refractivity contribution is 8.26. The summed E-state index contributed by atoms with van der Waals surface area (Å²) in [5.74, 6) is 0.842. The summed E-state index contributed by atoms with van der Waals surface area (Å²) >= 11 is 6.92. The smallest absolute Gasteiger partial charge is 0.267 e. The molecule has 0 aliphatic carbocycles. The summed E-state index contributed by atoms with van der Waals surface area (Å²) < 4.78 is 6.26. The maximum atomic E-state index is 13.0. The first-order valence-corrected chi connectivity index (χ1v) is 12.3. The average Bonchev–Trinajstić information content (AvgIpc) is 3.07. The van der Waals surface area contributed by atoms with Crippen molar-refractivity contribution in [1.82, 2.24) is 9.80 Å². The van der Waals surface area contributed by atoms with Crippen molar-refractivity contribution in [2.75, 3.05) is 44.4 Å². The van der Waals surface area contributed by atoms with Crippen LogP contribution in [0.15, 0.2) is 53.4 Å². The van der Waals surface area contributed by atoms with E-state index in [-0.39, 0.29) is 5.91 Å². The lowest BCUT2D eigenvalue weighted by atomic mass is 10.1. The first-order valence-electron chi connectivity index (χ1n) is 11.1. The minimum absolute atomic E-state index is 0.00681. The maximum Gasteiger partial charge on any atom is 0.267 e.